The van der Waals surface area contributed by atoms with Crippen molar-refractivity contribution in [2.24, 2.45) is 7.05 Å². The van der Waals surface area contributed by atoms with E-state index in [0.717, 1.165) is 36.6 Å². The van der Waals surface area contributed by atoms with Crippen molar-refractivity contribution < 1.29 is 13.2 Å². The van der Waals surface area contributed by atoms with Gasteiger partial charge in [-0.3, -0.25) is 4.98 Å². The number of aromatic nitrogens is 3. The van der Waals surface area contributed by atoms with Gasteiger partial charge in [0.1, 0.15) is 5.82 Å². The van der Waals surface area contributed by atoms with Crippen LogP contribution >= 0.6 is 0 Å². The highest BCUT2D eigenvalue weighted by Gasteiger charge is 2.30. The van der Waals surface area contributed by atoms with E-state index >= 15 is 0 Å². The second kappa shape index (κ2) is 7.74. The number of halogens is 3. The molecule has 3 rings (SSSR count). The van der Waals surface area contributed by atoms with Gasteiger partial charge in [-0.05, 0) is 31.2 Å². The number of hydrogen-bond acceptors (Lipinski definition) is 4. The minimum absolute atomic E-state index is 0.331. The van der Waals surface area contributed by atoms with E-state index in [1.54, 1.807) is 12.3 Å². The van der Waals surface area contributed by atoms with E-state index < -0.39 is 11.7 Å². The third-order valence-electron chi connectivity index (χ3n) is 4.12. The van der Waals surface area contributed by atoms with Crippen LogP contribution in [-0.2, 0) is 19.8 Å². The molecule has 0 spiro atoms. The standard InChI is InChI=1S/C18H20F3N5/c1-26-10-9-25-17(26)12-22-6-2-7-23-15-5-8-24-16-11-13(18(19,20)21)3-4-14(15)16/h3-5,8-11,22H,2,6-7,12H2,1H3,(H,23,24). The van der Waals surface area contributed by atoms with Crippen LogP contribution in [0.3, 0.4) is 0 Å². The number of anilines is 1. The normalized spacial score (nSPS) is 11.8. The summed E-state index contributed by atoms with van der Waals surface area (Å²) in [6.45, 7) is 2.21. The maximum atomic E-state index is 12.8. The number of imidazole rings is 1. The summed E-state index contributed by atoms with van der Waals surface area (Å²) in [4.78, 5) is 8.29. The maximum Gasteiger partial charge on any atom is 0.416 e. The molecule has 0 aliphatic carbocycles. The van der Waals surface area contributed by atoms with E-state index in [2.05, 4.69) is 20.6 Å². The zero-order chi connectivity index (χ0) is 18.6. The molecule has 1 aromatic carbocycles. The first kappa shape index (κ1) is 18.2. The number of aryl methyl sites for hydroxylation is 1. The summed E-state index contributed by atoms with van der Waals surface area (Å²) in [5.74, 6) is 0.971. The van der Waals surface area contributed by atoms with Crippen LogP contribution in [0.1, 0.15) is 17.8 Å². The number of nitrogens with zero attached hydrogens (tertiary/aromatic N) is 3. The molecule has 138 valence electrons. The maximum absolute atomic E-state index is 12.8. The Morgan fingerprint density at radius 2 is 1.92 bits per heavy atom. The molecule has 0 fully saturated rings. The van der Waals surface area contributed by atoms with Crippen molar-refractivity contribution in [1.29, 1.82) is 0 Å². The Morgan fingerprint density at radius 1 is 1.08 bits per heavy atom. The van der Waals surface area contributed by atoms with Crippen LogP contribution < -0.4 is 10.6 Å². The summed E-state index contributed by atoms with van der Waals surface area (Å²) < 4.78 is 40.4. The van der Waals surface area contributed by atoms with E-state index in [0.29, 0.717) is 24.0 Å². The van der Waals surface area contributed by atoms with Crippen molar-refractivity contribution in [3.8, 4) is 0 Å². The first-order chi connectivity index (χ1) is 12.4. The molecule has 2 heterocycles. The van der Waals surface area contributed by atoms with Crippen LogP contribution in [-0.4, -0.2) is 27.6 Å². The molecule has 3 aromatic rings. The van der Waals surface area contributed by atoms with Gasteiger partial charge in [0.25, 0.3) is 0 Å². The predicted molar refractivity (Wildman–Crippen MR) is 94.8 cm³/mol. The zero-order valence-electron chi connectivity index (χ0n) is 14.3. The summed E-state index contributed by atoms with van der Waals surface area (Å²) in [6, 6.07) is 5.41. The lowest BCUT2D eigenvalue weighted by molar-refractivity contribution is -0.137. The molecule has 0 amide bonds. The lowest BCUT2D eigenvalue weighted by Crippen LogP contribution is -2.19. The monoisotopic (exact) mass is 363 g/mol. The first-order valence-electron chi connectivity index (χ1n) is 8.32. The number of hydrogen-bond donors (Lipinski definition) is 2. The molecule has 0 bridgehead atoms. The summed E-state index contributed by atoms with van der Waals surface area (Å²) in [5, 5.41) is 7.27. The molecule has 0 saturated carbocycles. The Hall–Kier alpha value is -2.61. The highest BCUT2D eigenvalue weighted by atomic mass is 19.4. The second-order valence-corrected chi connectivity index (χ2v) is 6.00. The van der Waals surface area contributed by atoms with Crippen molar-refractivity contribution in [2.45, 2.75) is 19.1 Å². The van der Waals surface area contributed by atoms with E-state index in [9.17, 15) is 13.2 Å². The van der Waals surface area contributed by atoms with Gasteiger partial charge < -0.3 is 15.2 Å². The van der Waals surface area contributed by atoms with Gasteiger partial charge in [0, 0.05) is 43.3 Å². The molecular weight excluding hydrogens is 343 g/mol. The topological polar surface area (TPSA) is 54.8 Å². The molecule has 0 aliphatic heterocycles. The van der Waals surface area contributed by atoms with Crippen LogP contribution in [0.4, 0.5) is 18.9 Å². The largest absolute Gasteiger partial charge is 0.416 e. The van der Waals surface area contributed by atoms with E-state index in [1.165, 1.54) is 12.3 Å². The minimum Gasteiger partial charge on any atom is -0.384 e. The van der Waals surface area contributed by atoms with Gasteiger partial charge in [0.2, 0.25) is 0 Å². The van der Waals surface area contributed by atoms with Gasteiger partial charge in [0.05, 0.1) is 17.6 Å². The number of fused-ring (bicyclic) bond motifs is 1. The predicted octanol–water partition coefficient (Wildman–Crippen LogP) is 3.58. The minimum atomic E-state index is -4.36. The zero-order valence-corrected chi connectivity index (χ0v) is 14.3. The average Bonchev–Trinajstić information content (AvgIpc) is 3.01. The molecule has 5 nitrogen and oxygen atoms in total. The van der Waals surface area contributed by atoms with E-state index in [4.69, 9.17) is 0 Å². The number of benzene rings is 1. The lowest BCUT2D eigenvalue weighted by Gasteiger charge is -2.12. The number of nitrogens with one attached hydrogen (secondary N) is 2. The van der Waals surface area contributed by atoms with Crippen molar-refractivity contribution in [2.75, 3.05) is 18.4 Å². The number of alkyl halides is 3. The molecule has 0 radical (unpaired) electrons. The van der Waals surface area contributed by atoms with Crippen molar-refractivity contribution in [1.82, 2.24) is 19.9 Å². The second-order valence-electron chi connectivity index (χ2n) is 6.00. The molecular formula is C18H20F3N5. The quantitative estimate of drug-likeness (QED) is 0.630. The summed E-state index contributed by atoms with van der Waals surface area (Å²) in [5.41, 5.74) is 0.429. The van der Waals surface area contributed by atoms with Gasteiger partial charge in [0.15, 0.2) is 0 Å². The van der Waals surface area contributed by atoms with Crippen LogP contribution in [0, 0.1) is 0 Å². The lowest BCUT2D eigenvalue weighted by atomic mass is 10.1. The van der Waals surface area contributed by atoms with Gasteiger partial charge in [-0.25, -0.2) is 4.98 Å². The fourth-order valence-electron chi connectivity index (χ4n) is 2.68. The highest BCUT2D eigenvalue weighted by molar-refractivity contribution is 5.91. The Kier molecular flexibility index (Phi) is 5.41. The summed E-state index contributed by atoms with van der Waals surface area (Å²) in [7, 11) is 1.95. The van der Waals surface area contributed by atoms with Crippen LogP contribution in [0.2, 0.25) is 0 Å². The van der Waals surface area contributed by atoms with Gasteiger partial charge in [-0.1, -0.05) is 6.07 Å². The highest BCUT2D eigenvalue weighted by Crippen LogP contribution is 2.32. The average molecular weight is 363 g/mol. The Bertz CT molecular complexity index is 873. The van der Waals surface area contributed by atoms with Gasteiger partial charge in [-0.15, -0.1) is 0 Å². The molecule has 8 heteroatoms. The van der Waals surface area contributed by atoms with E-state index in [-0.39, 0.29) is 0 Å². The summed E-state index contributed by atoms with van der Waals surface area (Å²) >= 11 is 0. The van der Waals surface area contributed by atoms with Crippen molar-refractivity contribution >= 4 is 16.6 Å². The Labute approximate surface area is 149 Å². The fraction of sp³-hybridized carbons (Fsp3) is 0.333. The molecule has 26 heavy (non-hydrogen) atoms. The molecule has 0 unspecified atom stereocenters. The third-order valence-corrected chi connectivity index (χ3v) is 4.12. The van der Waals surface area contributed by atoms with Crippen LogP contribution in [0.5, 0.6) is 0 Å². The van der Waals surface area contributed by atoms with Crippen molar-refractivity contribution in [3.63, 3.8) is 0 Å². The SMILES string of the molecule is Cn1ccnc1CNCCCNc1ccnc2cc(C(F)(F)F)ccc12. The van der Waals surface area contributed by atoms with Crippen LogP contribution in [0.25, 0.3) is 10.9 Å². The fourth-order valence-corrected chi connectivity index (χ4v) is 2.68. The molecule has 2 N–H and O–H groups in total. The Balaban J connectivity index is 1.53. The summed E-state index contributed by atoms with van der Waals surface area (Å²) in [6.07, 6.45) is 1.69. The number of rotatable bonds is 7. The first-order valence-corrected chi connectivity index (χ1v) is 8.32. The van der Waals surface area contributed by atoms with Gasteiger partial charge in [-0.2, -0.15) is 13.2 Å². The molecule has 0 aliphatic rings. The third kappa shape index (κ3) is 4.32. The molecule has 0 saturated heterocycles. The van der Waals surface area contributed by atoms with E-state index in [1.807, 2.05) is 17.8 Å². The smallest absolute Gasteiger partial charge is 0.384 e. The van der Waals surface area contributed by atoms with Crippen LogP contribution in [0.15, 0.2) is 42.9 Å². The molecule has 2 aromatic heterocycles. The Morgan fingerprint density at radius 3 is 2.65 bits per heavy atom. The van der Waals surface area contributed by atoms with Gasteiger partial charge >= 0.3 is 6.18 Å². The number of pyridine rings is 1. The molecule has 0 atom stereocenters. The van der Waals surface area contributed by atoms with Crippen molar-refractivity contribution in [3.05, 3.63) is 54.2 Å².